The summed E-state index contributed by atoms with van der Waals surface area (Å²) in [6.45, 7) is 2.29. The van der Waals surface area contributed by atoms with E-state index in [9.17, 15) is 9.90 Å². The van der Waals surface area contributed by atoms with Crippen LogP contribution < -0.4 is 15.8 Å². The van der Waals surface area contributed by atoms with Gasteiger partial charge in [0.25, 0.3) is 5.91 Å². The summed E-state index contributed by atoms with van der Waals surface area (Å²) in [5.41, 5.74) is 7.92. The Balaban J connectivity index is 1.73. The molecule has 0 radical (unpaired) electrons. The second-order valence-corrected chi connectivity index (χ2v) is 6.37. The molecule has 0 bridgehead atoms. The van der Waals surface area contributed by atoms with E-state index in [-0.39, 0.29) is 11.9 Å². The first-order valence-corrected chi connectivity index (χ1v) is 8.49. The van der Waals surface area contributed by atoms with Gasteiger partial charge in [0.15, 0.2) is 0 Å². The molecular formula is C19H23N3O3. The van der Waals surface area contributed by atoms with Gasteiger partial charge >= 0.3 is 0 Å². The molecular weight excluding hydrogens is 318 g/mol. The number of nitrogens with two attached hydrogens (primary N) is 1. The van der Waals surface area contributed by atoms with Gasteiger partial charge in [-0.2, -0.15) is 0 Å². The third-order valence-electron chi connectivity index (χ3n) is 4.34. The van der Waals surface area contributed by atoms with Crippen molar-refractivity contribution < 1.29 is 14.6 Å². The zero-order valence-corrected chi connectivity index (χ0v) is 14.2. The maximum atomic E-state index is 12.4. The summed E-state index contributed by atoms with van der Waals surface area (Å²) < 4.78 is 5.79. The number of pyridine rings is 1. The first kappa shape index (κ1) is 17.4. The van der Waals surface area contributed by atoms with Crippen molar-refractivity contribution in [3.63, 3.8) is 0 Å². The van der Waals surface area contributed by atoms with Crippen LogP contribution in [0.4, 0.5) is 0 Å². The van der Waals surface area contributed by atoms with Crippen molar-refractivity contribution in [1.82, 2.24) is 10.3 Å². The lowest BCUT2D eigenvalue weighted by Gasteiger charge is -2.16. The molecule has 1 aliphatic carbocycles. The lowest BCUT2D eigenvalue weighted by atomic mass is 10.1. The molecule has 6 heteroatoms. The number of aliphatic hydroxyl groups is 1. The van der Waals surface area contributed by atoms with Gasteiger partial charge < -0.3 is 20.9 Å². The topological polar surface area (TPSA) is 97.5 Å². The molecule has 0 aliphatic heterocycles. The number of rotatable bonds is 5. The smallest absolute Gasteiger partial charge is 0.251 e. The minimum atomic E-state index is -0.463. The molecule has 4 N–H and O–H groups in total. The van der Waals surface area contributed by atoms with E-state index in [0.717, 1.165) is 30.5 Å². The number of benzene rings is 1. The maximum Gasteiger partial charge on any atom is 0.251 e. The van der Waals surface area contributed by atoms with Crippen molar-refractivity contribution in [2.24, 2.45) is 5.73 Å². The van der Waals surface area contributed by atoms with Crippen molar-refractivity contribution in [1.29, 1.82) is 0 Å². The number of hydrogen-bond acceptors (Lipinski definition) is 5. The Hall–Kier alpha value is -2.44. The van der Waals surface area contributed by atoms with Gasteiger partial charge in [0, 0.05) is 23.9 Å². The van der Waals surface area contributed by atoms with Crippen molar-refractivity contribution in [2.45, 2.75) is 44.9 Å². The lowest BCUT2D eigenvalue weighted by Crippen LogP contribution is -2.39. The first-order valence-electron chi connectivity index (χ1n) is 8.49. The minimum Gasteiger partial charge on any atom is -0.439 e. The number of aryl methyl sites for hydroxylation is 1. The highest BCUT2D eigenvalue weighted by molar-refractivity contribution is 5.94. The van der Waals surface area contributed by atoms with Crippen LogP contribution in [0, 0.1) is 6.92 Å². The number of aromatic nitrogens is 1. The zero-order valence-electron chi connectivity index (χ0n) is 14.2. The Bertz CT molecular complexity index is 763. The van der Waals surface area contributed by atoms with Gasteiger partial charge in [-0.05, 0) is 56.0 Å². The van der Waals surface area contributed by atoms with Gasteiger partial charge in [-0.3, -0.25) is 4.79 Å². The summed E-state index contributed by atoms with van der Waals surface area (Å²) >= 11 is 0. The molecule has 1 aliphatic rings. The molecule has 0 saturated heterocycles. The predicted octanol–water partition coefficient (Wildman–Crippen LogP) is 2.28. The summed E-state index contributed by atoms with van der Waals surface area (Å²) in [6.07, 6.45) is 2.00. The van der Waals surface area contributed by atoms with E-state index in [1.165, 1.54) is 0 Å². The third-order valence-corrected chi connectivity index (χ3v) is 4.34. The van der Waals surface area contributed by atoms with Gasteiger partial charge in [-0.25, -0.2) is 4.98 Å². The van der Waals surface area contributed by atoms with E-state index in [1.807, 2.05) is 13.0 Å². The molecule has 2 aromatic rings. The lowest BCUT2D eigenvalue weighted by molar-refractivity contribution is 0.0873. The fourth-order valence-electron chi connectivity index (χ4n) is 3.06. The Morgan fingerprint density at radius 2 is 2.20 bits per heavy atom. The fourth-order valence-corrected chi connectivity index (χ4v) is 3.06. The molecule has 0 unspecified atom stereocenters. The molecule has 2 atom stereocenters. The average molecular weight is 341 g/mol. The Morgan fingerprint density at radius 3 is 2.92 bits per heavy atom. The van der Waals surface area contributed by atoms with Crippen LogP contribution in [0.3, 0.4) is 0 Å². The van der Waals surface area contributed by atoms with E-state index >= 15 is 0 Å². The minimum absolute atomic E-state index is 0.178. The van der Waals surface area contributed by atoms with Crippen LogP contribution in [0.15, 0.2) is 36.4 Å². The predicted molar refractivity (Wildman–Crippen MR) is 94.5 cm³/mol. The van der Waals surface area contributed by atoms with Crippen molar-refractivity contribution in [3.05, 3.63) is 53.2 Å². The molecule has 1 aromatic carbocycles. The average Bonchev–Trinajstić information content (AvgIpc) is 2.99. The number of carbonyl (C=O) groups is 1. The normalized spacial score (nSPS) is 19.6. The van der Waals surface area contributed by atoms with Crippen LogP contribution in [-0.2, 0) is 6.54 Å². The van der Waals surface area contributed by atoms with E-state index in [2.05, 4.69) is 10.3 Å². The summed E-state index contributed by atoms with van der Waals surface area (Å²) in [5.74, 6) is 0.765. The Labute approximate surface area is 147 Å². The number of nitrogens with one attached hydrogen (secondary N) is 1. The fraction of sp³-hybridized carbons (Fsp3) is 0.368. The number of carbonyl (C=O) groups excluding carboxylic acids is 1. The quantitative estimate of drug-likeness (QED) is 0.775. The highest BCUT2D eigenvalue weighted by Crippen LogP contribution is 2.23. The van der Waals surface area contributed by atoms with Crippen LogP contribution >= 0.6 is 0 Å². The zero-order chi connectivity index (χ0) is 17.8. The van der Waals surface area contributed by atoms with Crippen LogP contribution in [0.2, 0.25) is 0 Å². The molecule has 1 aromatic heterocycles. The second kappa shape index (κ2) is 7.63. The van der Waals surface area contributed by atoms with Crippen molar-refractivity contribution in [3.8, 4) is 11.6 Å². The van der Waals surface area contributed by atoms with E-state index in [4.69, 9.17) is 10.5 Å². The largest absolute Gasteiger partial charge is 0.439 e. The summed E-state index contributed by atoms with van der Waals surface area (Å²) in [6, 6.07) is 10.4. The van der Waals surface area contributed by atoms with Crippen LogP contribution in [-0.4, -0.2) is 28.1 Å². The highest BCUT2D eigenvalue weighted by atomic mass is 16.5. The Morgan fingerprint density at radius 1 is 1.36 bits per heavy atom. The highest BCUT2D eigenvalue weighted by Gasteiger charge is 2.26. The number of hydrogen-bond donors (Lipinski definition) is 3. The van der Waals surface area contributed by atoms with E-state index < -0.39 is 6.10 Å². The molecule has 1 amide bonds. The standard InChI is InChI=1S/C19H23N3O3/c1-12-8-13(11-20)9-18(21-12)25-15-5-2-4-14(10-15)19(24)22-16-6-3-7-17(16)23/h2,4-5,8-10,16-17,23H,3,6-7,11,20H2,1H3,(H,22,24)/t16-,17+/m1/s1. The number of nitrogens with zero attached hydrogens (tertiary/aromatic N) is 1. The SMILES string of the molecule is Cc1cc(CN)cc(Oc2cccc(C(=O)N[C@@H]3CCC[C@@H]3O)c2)n1. The number of aliphatic hydroxyl groups excluding tert-OH is 1. The molecule has 6 nitrogen and oxygen atoms in total. The van der Waals surface area contributed by atoms with Gasteiger partial charge in [0.1, 0.15) is 5.75 Å². The molecule has 1 saturated carbocycles. The Kier molecular flexibility index (Phi) is 5.31. The number of ether oxygens (including phenoxy) is 1. The monoisotopic (exact) mass is 341 g/mol. The summed E-state index contributed by atoms with van der Waals surface area (Å²) in [7, 11) is 0. The summed E-state index contributed by atoms with van der Waals surface area (Å²) in [5, 5.41) is 12.7. The molecule has 3 rings (SSSR count). The van der Waals surface area contributed by atoms with E-state index in [0.29, 0.717) is 23.7 Å². The molecule has 1 fully saturated rings. The van der Waals surface area contributed by atoms with Crippen LogP contribution in [0.5, 0.6) is 11.6 Å². The number of amides is 1. The van der Waals surface area contributed by atoms with Gasteiger partial charge in [0.2, 0.25) is 5.88 Å². The van der Waals surface area contributed by atoms with Crippen molar-refractivity contribution in [2.75, 3.05) is 0 Å². The van der Waals surface area contributed by atoms with Crippen LogP contribution in [0.1, 0.15) is 40.9 Å². The summed E-state index contributed by atoms with van der Waals surface area (Å²) in [4.78, 5) is 16.7. The van der Waals surface area contributed by atoms with Gasteiger partial charge in [0.05, 0.1) is 12.1 Å². The van der Waals surface area contributed by atoms with E-state index in [1.54, 1.807) is 30.3 Å². The van der Waals surface area contributed by atoms with Crippen LogP contribution in [0.25, 0.3) is 0 Å². The molecule has 25 heavy (non-hydrogen) atoms. The van der Waals surface area contributed by atoms with Gasteiger partial charge in [-0.1, -0.05) is 6.07 Å². The first-order chi connectivity index (χ1) is 12.0. The second-order valence-electron chi connectivity index (χ2n) is 6.37. The molecule has 132 valence electrons. The van der Waals surface area contributed by atoms with Gasteiger partial charge in [-0.15, -0.1) is 0 Å². The molecule has 1 heterocycles. The molecule has 0 spiro atoms. The van der Waals surface area contributed by atoms with Crippen molar-refractivity contribution >= 4 is 5.91 Å². The maximum absolute atomic E-state index is 12.4. The third kappa shape index (κ3) is 4.35.